The molecular weight excluding hydrogens is 340 g/mol. The van der Waals surface area contributed by atoms with Crippen LogP contribution in [-0.4, -0.2) is 36.8 Å². The molecule has 0 radical (unpaired) electrons. The minimum absolute atomic E-state index is 0.425. The molecule has 1 atom stereocenters. The molecule has 0 fully saturated rings. The van der Waals surface area contributed by atoms with Gasteiger partial charge in [-0.1, -0.05) is 13.3 Å². The molecule has 2 aromatic rings. The molecule has 3 rings (SSSR count). The number of hydrogen-bond acceptors (Lipinski definition) is 5. The van der Waals surface area contributed by atoms with E-state index in [-0.39, 0.29) is 0 Å². The third-order valence-electron chi connectivity index (χ3n) is 4.32. The highest BCUT2D eigenvalue weighted by atomic mass is 32.2. The molecule has 1 unspecified atom stereocenters. The Hall–Kier alpha value is -2.22. The van der Waals surface area contributed by atoms with Crippen LogP contribution in [0.1, 0.15) is 32.4 Å². The van der Waals surface area contributed by atoms with Gasteiger partial charge in [-0.15, -0.1) is 0 Å². The van der Waals surface area contributed by atoms with Crippen molar-refractivity contribution in [2.24, 2.45) is 0 Å². The molecule has 7 nitrogen and oxygen atoms in total. The second kappa shape index (κ2) is 7.35. The van der Waals surface area contributed by atoms with Crippen LogP contribution in [0, 0.1) is 0 Å². The summed E-state index contributed by atoms with van der Waals surface area (Å²) in [5, 5.41) is -0.425. The van der Waals surface area contributed by atoms with Gasteiger partial charge in [0.1, 0.15) is 12.4 Å². The van der Waals surface area contributed by atoms with Crippen LogP contribution in [0.4, 0.5) is 11.4 Å². The van der Waals surface area contributed by atoms with Crippen LogP contribution >= 0.6 is 0 Å². The average molecular weight is 364 g/mol. The predicted molar refractivity (Wildman–Crippen MR) is 98.5 cm³/mol. The maximum atomic E-state index is 12.4. The van der Waals surface area contributed by atoms with E-state index < -0.39 is 15.3 Å². The number of fused-ring (bicyclic) bond motifs is 1. The number of rotatable bonds is 7. The second-order valence-electron chi connectivity index (χ2n) is 6.28. The number of nitrogens with one attached hydrogen (secondary N) is 2. The number of hydrogen-bond donors (Lipinski definition) is 2. The second-order valence-corrected chi connectivity index (χ2v) is 8.37. The zero-order chi connectivity index (χ0) is 17.9. The summed E-state index contributed by atoms with van der Waals surface area (Å²) in [4.78, 5) is 9.29. The minimum Gasteiger partial charge on any atom is -0.490 e. The summed E-state index contributed by atoms with van der Waals surface area (Å²) in [6.07, 6.45) is 4.90. The molecule has 2 heterocycles. The van der Waals surface area contributed by atoms with Crippen molar-refractivity contribution in [3.05, 3.63) is 36.4 Å². The highest BCUT2D eigenvalue weighted by molar-refractivity contribution is 7.93. The van der Waals surface area contributed by atoms with Crippen LogP contribution in [0.5, 0.6) is 5.75 Å². The average Bonchev–Trinajstić information content (AvgIpc) is 3.08. The van der Waals surface area contributed by atoms with Gasteiger partial charge in [-0.3, -0.25) is 4.72 Å². The van der Waals surface area contributed by atoms with E-state index in [1.54, 1.807) is 25.5 Å². The molecule has 0 bridgehead atoms. The Bertz CT molecular complexity index is 805. The summed E-state index contributed by atoms with van der Waals surface area (Å²) >= 11 is 0. The molecule has 1 aromatic heterocycles. The van der Waals surface area contributed by atoms with Crippen LogP contribution in [0.25, 0.3) is 0 Å². The van der Waals surface area contributed by atoms with Gasteiger partial charge in [0.15, 0.2) is 0 Å². The van der Waals surface area contributed by atoms with E-state index in [0.717, 1.165) is 30.1 Å². The highest BCUT2D eigenvalue weighted by Crippen LogP contribution is 2.35. The van der Waals surface area contributed by atoms with Gasteiger partial charge in [0.25, 0.3) is 0 Å². The molecule has 8 heteroatoms. The first-order valence-electron chi connectivity index (χ1n) is 8.50. The fourth-order valence-corrected chi connectivity index (χ4v) is 4.11. The number of ether oxygens (including phenoxy) is 1. The lowest BCUT2D eigenvalue weighted by Crippen LogP contribution is -2.32. The van der Waals surface area contributed by atoms with E-state index in [0.29, 0.717) is 25.3 Å². The van der Waals surface area contributed by atoms with Crippen molar-refractivity contribution in [3.8, 4) is 5.75 Å². The quantitative estimate of drug-likeness (QED) is 0.789. The molecule has 0 saturated carbocycles. The molecular formula is C17H24N4O3S. The number of aromatic nitrogens is 2. The van der Waals surface area contributed by atoms with Gasteiger partial charge in [0.05, 0.1) is 41.7 Å². The van der Waals surface area contributed by atoms with Crippen molar-refractivity contribution < 1.29 is 13.2 Å². The summed E-state index contributed by atoms with van der Waals surface area (Å²) in [6, 6.07) is 5.40. The van der Waals surface area contributed by atoms with Gasteiger partial charge in [-0.2, -0.15) is 0 Å². The minimum atomic E-state index is -3.39. The van der Waals surface area contributed by atoms with Gasteiger partial charge >= 0.3 is 0 Å². The SMILES string of the molecule is CCCC(C)S(=O)(=O)Nc1ccc2c(c1)N(Cc1cnc[nH]1)CCO2. The molecule has 1 aliphatic heterocycles. The Kier molecular flexibility index (Phi) is 5.17. The van der Waals surface area contributed by atoms with E-state index in [1.807, 2.05) is 19.1 Å². The van der Waals surface area contributed by atoms with Crippen LogP contribution in [0.15, 0.2) is 30.7 Å². The van der Waals surface area contributed by atoms with Gasteiger partial charge < -0.3 is 14.6 Å². The van der Waals surface area contributed by atoms with E-state index in [2.05, 4.69) is 19.6 Å². The summed E-state index contributed by atoms with van der Waals surface area (Å²) in [6.45, 7) is 5.71. The van der Waals surface area contributed by atoms with Gasteiger partial charge in [-0.25, -0.2) is 13.4 Å². The number of aromatic amines is 1. The van der Waals surface area contributed by atoms with E-state index >= 15 is 0 Å². The monoisotopic (exact) mass is 364 g/mol. The van der Waals surface area contributed by atoms with E-state index in [9.17, 15) is 8.42 Å². The molecule has 136 valence electrons. The Morgan fingerprint density at radius 2 is 2.28 bits per heavy atom. The number of imidazole rings is 1. The van der Waals surface area contributed by atoms with E-state index in [1.165, 1.54) is 0 Å². The summed E-state index contributed by atoms with van der Waals surface area (Å²) in [5.41, 5.74) is 2.43. The fourth-order valence-electron chi connectivity index (χ4n) is 2.90. The highest BCUT2D eigenvalue weighted by Gasteiger charge is 2.23. The standard InChI is InChI=1S/C17H24N4O3S/c1-3-4-13(2)25(22,23)20-14-5-6-17-16(9-14)21(7-8-24-17)11-15-10-18-12-19-15/h5-6,9-10,12-13,20H,3-4,7-8,11H2,1-2H3,(H,18,19). The first-order chi connectivity index (χ1) is 12.0. The van der Waals surface area contributed by atoms with Crippen molar-refractivity contribution in [2.75, 3.05) is 22.8 Å². The Morgan fingerprint density at radius 1 is 1.44 bits per heavy atom. The summed E-state index contributed by atoms with van der Waals surface area (Å²) < 4.78 is 33.3. The zero-order valence-electron chi connectivity index (χ0n) is 14.5. The maximum absolute atomic E-state index is 12.4. The van der Waals surface area contributed by atoms with Crippen LogP contribution in [-0.2, 0) is 16.6 Å². The van der Waals surface area contributed by atoms with Crippen LogP contribution < -0.4 is 14.4 Å². The topological polar surface area (TPSA) is 87.3 Å². The Balaban J connectivity index is 1.82. The zero-order valence-corrected chi connectivity index (χ0v) is 15.3. The van der Waals surface area contributed by atoms with Gasteiger partial charge in [-0.05, 0) is 31.5 Å². The first kappa shape index (κ1) is 17.6. The van der Waals surface area contributed by atoms with Crippen LogP contribution in [0.2, 0.25) is 0 Å². The summed E-state index contributed by atoms with van der Waals surface area (Å²) in [7, 11) is -3.39. The normalized spacial score (nSPS) is 15.4. The third-order valence-corrected chi connectivity index (χ3v) is 6.13. The number of benzene rings is 1. The van der Waals surface area contributed by atoms with Crippen molar-refractivity contribution in [1.29, 1.82) is 0 Å². The van der Waals surface area contributed by atoms with Crippen molar-refractivity contribution in [2.45, 2.75) is 38.5 Å². The van der Waals surface area contributed by atoms with Crippen LogP contribution in [0.3, 0.4) is 0 Å². The molecule has 1 aromatic carbocycles. The molecule has 0 aliphatic carbocycles. The lowest BCUT2D eigenvalue weighted by atomic mass is 10.2. The Morgan fingerprint density at radius 3 is 3.00 bits per heavy atom. The van der Waals surface area contributed by atoms with Gasteiger partial charge in [0, 0.05) is 6.20 Å². The lowest BCUT2D eigenvalue weighted by Gasteiger charge is -2.31. The van der Waals surface area contributed by atoms with Crippen molar-refractivity contribution >= 4 is 21.4 Å². The molecule has 0 amide bonds. The number of H-pyrrole nitrogens is 1. The molecule has 0 saturated heterocycles. The molecule has 0 spiro atoms. The Labute approximate surface area is 148 Å². The van der Waals surface area contributed by atoms with E-state index in [4.69, 9.17) is 4.74 Å². The van der Waals surface area contributed by atoms with Crippen molar-refractivity contribution in [1.82, 2.24) is 9.97 Å². The van der Waals surface area contributed by atoms with Gasteiger partial charge in [0.2, 0.25) is 10.0 Å². The maximum Gasteiger partial charge on any atom is 0.235 e. The molecule has 1 aliphatic rings. The largest absolute Gasteiger partial charge is 0.490 e. The first-order valence-corrected chi connectivity index (χ1v) is 10.0. The number of nitrogens with zero attached hydrogens (tertiary/aromatic N) is 2. The molecule has 2 N–H and O–H groups in total. The number of anilines is 2. The third kappa shape index (κ3) is 4.07. The molecule has 25 heavy (non-hydrogen) atoms. The lowest BCUT2D eigenvalue weighted by molar-refractivity contribution is 0.307. The number of sulfonamides is 1. The fraction of sp³-hybridized carbons (Fsp3) is 0.471. The summed E-state index contributed by atoms with van der Waals surface area (Å²) in [5.74, 6) is 0.760. The van der Waals surface area contributed by atoms with Crippen molar-refractivity contribution in [3.63, 3.8) is 0 Å². The predicted octanol–water partition coefficient (Wildman–Crippen LogP) is 2.74. The smallest absolute Gasteiger partial charge is 0.235 e.